The Hall–Kier alpha value is -1.33. The van der Waals surface area contributed by atoms with Gasteiger partial charge in [-0.1, -0.05) is 24.3 Å². The Morgan fingerprint density at radius 3 is 2.69 bits per heavy atom. The van der Waals surface area contributed by atoms with E-state index in [1.165, 1.54) is 11.1 Å². The Labute approximate surface area is 78.0 Å². The first kappa shape index (κ1) is 8.28. The fraction of sp³-hybridized carbons (Fsp3) is 0.364. The van der Waals surface area contributed by atoms with Gasteiger partial charge in [-0.15, -0.1) is 0 Å². The molecule has 0 amide bonds. The molecule has 2 rings (SSSR count). The van der Waals surface area contributed by atoms with Crippen molar-refractivity contribution >= 4 is 0 Å². The van der Waals surface area contributed by atoms with Crippen LogP contribution in [0.25, 0.3) is 0 Å². The monoisotopic (exact) mass is 172 g/mol. The lowest BCUT2D eigenvalue weighted by atomic mass is 9.80. The Morgan fingerprint density at radius 1 is 1.31 bits per heavy atom. The van der Waals surface area contributed by atoms with Gasteiger partial charge in [-0.25, -0.2) is 0 Å². The van der Waals surface area contributed by atoms with Crippen LogP contribution in [0.3, 0.4) is 0 Å². The van der Waals surface area contributed by atoms with Crippen LogP contribution in [0.2, 0.25) is 0 Å². The van der Waals surface area contributed by atoms with E-state index in [9.17, 15) is 0 Å². The summed E-state index contributed by atoms with van der Waals surface area (Å²) >= 11 is 0. The van der Waals surface area contributed by atoms with Crippen LogP contribution in [0, 0.1) is 11.3 Å². The quantitative estimate of drug-likeness (QED) is 0.643. The van der Waals surface area contributed by atoms with Gasteiger partial charge in [0.25, 0.3) is 0 Å². The maximum atomic E-state index is 8.90. The Bertz CT molecular complexity index is 365. The molecule has 0 spiro atoms. The average Bonchev–Trinajstić information content (AvgIpc) is 2.18. The van der Waals surface area contributed by atoms with E-state index in [1.54, 1.807) is 0 Å². The first-order valence-electron chi connectivity index (χ1n) is 4.50. The number of rotatable bonds is 0. The predicted molar refractivity (Wildman–Crippen MR) is 51.0 cm³/mol. The van der Waals surface area contributed by atoms with Gasteiger partial charge in [0.15, 0.2) is 0 Å². The first-order chi connectivity index (χ1) is 6.23. The molecular weight excluding hydrogens is 160 g/mol. The van der Waals surface area contributed by atoms with Gasteiger partial charge >= 0.3 is 0 Å². The predicted octanol–water partition coefficient (Wildman–Crippen LogP) is 1.40. The summed E-state index contributed by atoms with van der Waals surface area (Å²) in [5, 5.41) is 8.90. The first-order valence-corrected chi connectivity index (χ1v) is 4.50. The SMILES string of the molecule is N#C[C@]1(N)CCc2ccccc2C1. The van der Waals surface area contributed by atoms with Crippen molar-refractivity contribution in [3.05, 3.63) is 35.4 Å². The summed E-state index contributed by atoms with van der Waals surface area (Å²) < 4.78 is 0. The molecule has 0 saturated heterocycles. The average molecular weight is 172 g/mol. The van der Waals surface area contributed by atoms with E-state index in [-0.39, 0.29) is 0 Å². The van der Waals surface area contributed by atoms with Gasteiger partial charge in [0, 0.05) is 6.42 Å². The third kappa shape index (κ3) is 1.43. The Kier molecular flexibility index (Phi) is 1.82. The zero-order chi connectivity index (χ0) is 9.31. The van der Waals surface area contributed by atoms with Crippen LogP contribution in [0.15, 0.2) is 24.3 Å². The zero-order valence-corrected chi connectivity index (χ0v) is 7.46. The minimum absolute atomic E-state index is 0.631. The number of fused-ring (bicyclic) bond motifs is 1. The molecule has 1 aromatic carbocycles. The molecule has 0 radical (unpaired) electrons. The van der Waals surface area contributed by atoms with Gasteiger partial charge in [-0.3, -0.25) is 0 Å². The summed E-state index contributed by atoms with van der Waals surface area (Å²) in [4.78, 5) is 0. The molecule has 2 nitrogen and oxygen atoms in total. The number of nitriles is 1. The lowest BCUT2D eigenvalue weighted by Gasteiger charge is -2.28. The normalized spacial score (nSPS) is 26.2. The summed E-state index contributed by atoms with van der Waals surface area (Å²) in [6.45, 7) is 0. The molecule has 0 aromatic heterocycles. The lowest BCUT2D eigenvalue weighted by Crippen LogP contribution is -2.43. The highest BCUT2D eigenvalue weighted by molar-refractivity contribution is 5.34. The second-order valence-corrected chi connectivity index (χ2v) is 3.71. The van der Waals surface area contributed by atoms with Crippen molar-refractivity contribution in [2.75, 3.05) is 0 Å². The molecular formula is C11H12N2. The van der Waals surface area contributed by atoms with Crippen LogP contribution in [0.1, 0.15) is 17.5 Å². The van der Waals surface area contributed by atoms with Gasteiger partial charge in [0.2, 0.25) is 0 Å². The molecule has 2 heteroatoms. The molecule has 66 valence electrons. The second kappa shape index (κ2) is 2.86. The third-order valence-corrected chi connectivity index (χ3v) is 2.69. The van der Waals surface area contributed by atoms with Crippen molar-refractivity contribution in [2.24, 2.45) is 5.73 Å². The van der Waals surface area contributed by atoms with E-state index in [0.717, 1.165) is 12.8 Å². The smallest absolute Gasteiger partial charge is 0.108 e. The van der Waals surface area contributed by atoms with E-state index in [4.69, 9.17) is 11.0 Å². The van der Waals surface area contributed by atoms with Crippen molar-refractivity contribution in [3.63, 3.8) is 0 Å². The highest BCUT2D eigenvalue weighted by Gasteiger charge is 2.29. The molecule has 0 unspecified atom stereocenters. The molecule has 0 bridgehead atoms. The van der Waals surface area contributed by atoms with Crippen molar-refractivity contribution in [3.8, 4) is 6.07 Å². The van der Waals surface area contributed by atoms with Crippen LogP contribution in [-0.2, 0) is 12.8 Å². The summed E-state index contributed by atoms with van der Waals surface area (Å²) in [6, 6.07) is 10.4. The van der Waals surface area contributed by atoms with Gasteiger partial charge in [-0.05, 0) is 24.0 Å². The molecule has 0 heterocycles. The van der Waals surface area contributed by atoms with Crippen LogP contribution in [0.4, 0.5) is 0 Å². The summed E-state index contributed by atoms with van der Waals surface area (Å²) in [5.41, 5.74) is 7.86. The molecule has 1 aliphatic carbocycles. The topological polar surface area (TPSA) is 49.8 Å². The van der Waals surface area contributed by atoms with Crippen molar-refractivity contribution in [1.29, 1.82) is 5.26 Å². The minimum Gasteiger partial charge on any atom is -0.313 e. The van der Waals surface area contributed by atoms with Crippen molar-refractivity contribution in [1.82, 2.24) is 0 Å². The molecule has 1 atom stereocenters. The second-order valence-electron chi connectivity index (χ2n) is 3.71. The number of benzene rings is 1. The fourth-order valence-electron chi connectivity index (χ4n) is 1.86. The van der Waals surface area contributed by atoms with Crippen LogP contribution >= 0.6 is 0 Å². The Morgan fingerprint density at radius 2 is 2.00 bits per heavy atom. The molecule has 1 aliphatic rings. The number of nitrogens with zero attached hydrogens (tertiary/aromatic N) is 1. The molecule has 2 N–H and O–H groups in total. The molecule has 1 aromatic rings. The highest BCUT2D eigenvalue weighted by Crippen LogP contribution is 2.26. The number of nitrogens with two attached hydrogens (primary N) is 1. The van der Waals surface area contributed by atoms with Gasteiger partial charge in [-0.2, -0.15) is 5.26 Å². The van der Waals surface area contributed by atoms with E-state index in [1.807, 2.05) is 12.1 Å². The van der Waals surface area contributed by atoms with Gasteiger partial charge in [0.05, 0.1) is 6.07 Å². The van der Waals surface area contributed by atoms with Crippen molar-refractivity contribution in [2.45, 2.75) is 24.8 Å². The molecule has 13 heavy (non-hydrogen) atoms. The maximum absolute atomic E-state index is 8.90. The summed E-state index contributed by atoms with van der Waals surface area (Å²) in [5.74, 6) is 0. The van der Waals surface area contributed by atoms with Crippen molar-refractivity contribution < 1.29 is 0 Å². The standard InChI is InChI=1S/C11H12N2/c12-8-11(13)6-5-9-3-1-2-4-10(9)7-11/h1-4H,5-7,13H2/t11-/m0/s1. The maximum Gasteiger partial charge on any atom is 0.108 e. The van der Waals surface area contributed by atoms with Crippen LogP contribution < -0.4 is 5.73 Å². The largest absolute Gasteiger partial charge is 0.313 e. The highest BCUT2D eigenvalue weighted by atomic mass is 14.7. The third-order valence-electron chi connectivity index (χ3n) is 2.69. The Balaban J connectivity index is 2.36. The fourth-order valence-corrected chi connectivity index (χ4v) is 1.86. The van der Waals surface area contributed by atoms with Crippen LogP contribution in [-0.4, -0.2) is 5.54 Å². The van der Waals surface area contributed by atoms with E-state index in [2.05, 4.69) is 18.2 Å². The summed E-state index contributed by atoms with van der Waals surface area (Å²) in [7, 11) is 0. The number of hydrogen-bond donors (Lipinski definition) is 1. The van der Waals surface area contributed by atoms with E-state index < -0.39 is 5.54 Å². The van der Waals surface area contributed by atoms with Gasteiger partial charge in [0.1, 0.15) is 5.54 Å². The molecule has 0 fully saturated rings. The minimum atomic E-state index is -0.631. The zero-order valence-electron chi connectivity index (χ0n) is 7.46. The molecule has 0 aliphatic heterocycles. The lowest BCUT2D eigenvalue weighted by molar-refractivity contribution is 0.470. The van der Waals surface area contributed by atoms with Gasteiger partial charge < -0.3 is 5.73 Å². The molecule has 0 saturated carbocycles. The number of hydrogen-bond acceptors (Lipinski definition) is 2. The summed E-state index contributed by atoms with van der Waals surface area (Å²) in [6.07, 6.45) is 2.40. The number of aryl methyl sites for hydroxylation is 1. The van der Waals surface area contributed by atoms with Crippen LogP contribution in [0.5, 0.6) is 0 Å². The van der Waals surface area contributed by atoms with E-state index >= 15 is 0 Å². The van der Waals surface area contributed by atoms with E-state index in [0.29, 0.717) is 6.42 Å².